The number of hydrogen-bond donors (Lipinski definition) is 1. The highest BCUT2D eigenvalue weighted by atomic mass is 32.1. The molecule has 148 valence electrons. The Kier molecular flexibility index (Phi) is 5.62. The molecule has 1 unspecified atom stereocenters. The van der Waals surface area contributed by atoms with Crippen LogP contribution >= 0.6 is 11.3 Å². The van der Waals surface area contributed by atoms with Crippen molar-refractivity contribution in [3.05, 3.63) is 82.6 Å². The number of hydrogen-bond acceptors (Lipinski definition) is 3. The molecule has 1 fully saturated rings. The van der Waals surface area contributed by atoms with Gasteiger partial charge in [0.15, 0.2) is 0 Å². The molecule has 1 aliphatic rings. The number of amides is 3. The first-order chi connectivity index (χ1) is 14.1. The minimum Gasteiger partial charge on any atom is -0.321 e. The quantitative estimate of drug-likeness (QED) is 0.618. The zero-order valence-corrected chi connectivity index (χ0v) is 17.1. The van der Waals surface area contributed by atoms with E-state index in [1.165, 1.54) is 11.3 Å². The predicted octanol–water partition coefficient (Wildman–Crippen LogP) is 5.39. The third-order valence-corrected chi connectivity index (χ3v) is 6.06. The van der Waals surface area contributed by atoms with Crippen molar-refractivity contribution in [1.82, 2.24) is 4.90 Å². The van der Waals surface area contributed by atoms with Crippen molar-refractivity contribution in [3.63, 3.8) is 0 Å². The van der Waals surface area contributed by atoms with Crippen LogP contribution in [0.5, 0.6) is 0 Å². The molecule has 3 amide bonds. The lowest BCUT2D eigenvalue weighted by Crippen LogP contribution is -2.50. The average Bonchev–Trinajstić information content (AvgIpc) is 3.30. The van der Waals surface area contributed by atoms with Crippen LogP contribution in [0, 0.1) is 0 Å². The molecule has 5 nitrogen and oxygen atoms in total. The lowest BCUT2D eigenvalue weighted by Gasteiger charge is -2.39. The maximum Gasteiger partial charge on any atom is 0.324 e. The SMILES string of the molecule is CC(c1ccccc1)N1CCCN(c2ccc(NC(=O)c3cccs3)cc2)C1=O. The molecule has 4 rings (SSSR count). The van der Waals surface area contributed by atoms with E-state index < -0.39 is 0 Å². The van der Waals surface area contributed by atoms with Gasteiger partial charge in [-0.3, -0.25) is 9.69 Å². The van der Waals surface area contributed by atoms with Crippen molar-refractivity contribution >= 4 is 34.6 Å². The van der Waals surface area contributed by atoms with Crippen LogP contribution in [0.4, 0.5) is 16.2 Å². The Morgan fingerprint density at radius 2 is 1.76 bits per heavy atom. The number of urea groups is 1. The average molecular weight is 406 g/mol. The fraction of sp³-hybridized carbons (Fsp3) is 0.217. The summed E-state index contributed by atoms with van der Waals surface area (Å²) in [6.07, 6.45) is 0.916. The molecule has 1 atom stereocenters. The second kappa shape index (κ2) is 8.49. The Bertz CT molecular complexity index is 971. The standard InChI is InChI=1S/C23H23N3O2S/c1-17(18-7-3-2-4-8-18)25-14-6-15-26(23(25)28)20-12-10-19(11-13-20)24-22(27)21-9-5-16-29-21/h2-5,7-13,16-17H,6,14-15H2,1H3,(H,24,27). The number of benzene rings is 2. The number of anilines is 2. The molecular formula is C23H23N3O2S. The molecule has 1 aliphatic heterocycles. The minimum atomic E-state index is -0.121. The molecule has 1 N–H and O–H groups in total. The van der Waals surface area contributed by atoms with Gasteiger partial charge in [0.25, 0.3) is 5.91 Å². The summed E-state index contributed by atoms with van der Waals surface area (Å²) in [7, 11) is 0. The summed E-state index contributed by atoms with van der Waals surface area (Å²) in [6.45, 7) is 3.51. The molecule has 1 aromatic heterocycles. The summed E-state index contributed by atoms with van der Waals surface area (Å²) in [4.78, 5) is 29.7. The molecule has 3 aromatic rings. The third kappa shape index (κ3) is 4.17. The number of nitrogens with one attached hydrogen (secondary N) is 1. The molecule has 0 bridgehead atoms. The summed E-state index contributed by atoms with van der Waals surface area (Å²) in [5, 5.41) is 4.77. The molecule has 29 heavy (non-hydrogen) atoms. The summed E-state index contributed by atoms with van der Waals surface area (Å²) in [5.41, 5.74) is 2.69. The first-order valence-corrected chi connectivity index (χ1v) is 10.6. The van der Waals surface area contributed by atoms with Crippen molar-refractivity contribution in [3.8, 4) is 0 Å². The second-order valence-corrected chi connectivity index (χ2v) is 7.99. The van der Waals surface area contributed by atoms with E-state index in [9.17, 15) is 9.59 Å². The Balaban J connectivity index is 1.46. The van der Waals surface area contributed by atoms with Crippen LogP contribution in [0.15, 0.2) is 72.1 Å². The van der Waals surface area contributed by atoms with Crippen LogP contribution in [0.2, 0.25) is 0 Å². The first kappa shape index (κ1) is 19.2. The van der Waals surface area contributed by atoms with E-state index in [2.05, 4.69) is 24.4 Å². The highest BCUT2D eigenvalue weighted by molar-refractivity contribution is 7.12. The monoisotopic (exact) mass is 405 g/mol. The Hall–Kier alpha value is -3.12. The molecule has 0 aliphatic carbocycles. The van der Waals surface area contributed by atoms with E-state index in [4.69, 9.17) is 0 Å². The highest BCUT2D eigenvalue weighted by Crippen LogP contribution is 2.28. The smallest absolute Gasteiger partial charge is 0.321 e. The fourth-order valence-corrected chi connectivity index (χ4v) is 4.20. The highest BCUT2D eigenvalue weighted by Gasteiger charge is 2.30. The van der Waals surface area contributed by atoms with Gasteiger partial charge in [-0.05, 0) is 54.6 Å². The van der Waals surface area contributed by atoms with Gasteiger partial charge in [-0.2, -0.15) is 0 Å². The van der Waals surface area contributed by atoms with Crippen LogP contribution in [0.3, 0.4) is 0 Å². The van der Waals surface area contributed by atoms with E-state index in [-0.39, 0.29) is 18.0 Å². The van der Waals surface area contributed by atoms with Crippen LogP contribution in [-0.2, 0) is 0 Å². The summed E-state index contributed by atoms with van der Waals surface area (Å²) < 4.78 is 0. The zero-order valence-electron chi connectivity index (χ0n) is 16.2. The number of carbonyl (C=O) groups excluding carboxylic acids is 2. The van der Waals surface area contributed by atoms with Gasteiger partial charge in [-0.1, -0.05) is 36.4 Å². The maximum absolute atomic E-state index is 13.1. The van der Waals surface area contributed by atoms with Crippen molar-refractivity contribution in [1.29, 1.82) is 0 Å². The summed E-state index contributed by atoms with van der Waals surface area (Å²) in [5.74, 6) is -0.121. The van der Waals surface area contributed by atoms with Gasteiger partial charge < -0.3 is 10.2 Å². The van der Waals surface area contributed by atoms with Crippen molar-refractivity contribution in [2.24, 2.45) is 0 Å². The van der Waals surface area contributed by atoms with E-state index in [0.29, 0.717) is 17.1 Å². The van der Waals surface area contributed by atoms with E-state index >= 15 is 0 Å². The zero-order chi connectivity index (χ0) is 20.2. The van der Waals surface area contributed by atoms with Gasteiger partial charge in [-0.15, -0.1) is 11.3 Å². The largest absolute Gasteiger partial charge is 0.324 e. The minimum absolute atomic E-state index is 0.0166. The first-order valence-electron chi connectivity index (χ1n) is 9.71. The van der Waals surface area contributed by atoms with Crippen LogP contribution in [0.1, 0.15) is 34.6 Å². The van der Waals surface area contributed by atoms with E-state index in [1.54, 1.807) is 6.07 Å². The van der Waals surface area contributed by atoms with Gasteiger partial charge in [0.2, 0.25) is 0 Å². The molecule has 0 spiro atoms. The fourth-order valence-electron chi connectivity index (χ4n) is 3.58. The summed E-state index contributed by atoms with van der Waals surface area (Å²) in [6, 6.07) is 21.2. The van der Waals surface area contributed by atoms with Crippen LogP contribution < -0.4 is 10.2 Å². The summed E-state index contributed by atoms with van der Waals surface area (Å²) >= 11 is 1.41. The second-order valence-electron chi connectivity index (χ2n) is 7.05. The van der Waals surface area contributed by atoms with Crippen molar-refractivity contribution < 1.29 is 9.59 Å². The molecular weight excluding hydrogens is 382 g/mol. The molecule has 1 saturated heterocycles. The Labute approximate surface area is 174 Å². The number of carbonyl (C=O) groups is 2. The normalized spacial score (nSPS) is 15.3. The molecule has 2 heterocycles. The van der Waals surface area contributed by atoms with E-state index in [0.717, 1.165) is 24.2 Å². The van der Waals surface area contributed by atoms with Gasteiger partial charge in [0.05, 0.1) is 10.9 Å². The molecule has 2 aromatic carbocycles. The maximum atomic E-state index is 13.1. The Morgan fingerprint density at radius 1 is 1.00 bits per heavy atom. The predicted molar refractivity (Wildman–Crippen MR) is 118 cm³/mol. The van der Waals surface area contributed by atoms with Gasteiger partial charge in [-0.25, -0.2) is 4.79 Å². The lowest BCUT2D eigenvalue weighted by atomic mass is 10.1. The molecule has 0 saturated carbocycles. The third-order valence-electron chi connectivity index (χ3n) is 5.19. The van der Waals surface area contributed by atoms with Crippen molar-refractivity contribution in [2.75, 3.05) is 23.3 Å². The molecule has 0 radical (unpaired) electrons. The topological polar surface area (TPSA) is 52.6 Å². The van der Waals surface area contributed by atoms with Crippen LogP contribution in [0.25, 0.3) is 0 Å². The van der Waals surface area contributed by atoms with Crippen molar-refractivity contribution in [2.45, 2.75) is 19.4 Å². The van der Waals surface area contributed by atoms with Gasteiger partial charge in [0, 0.05) is 24.5 Å². The number of thiophene rings is 1. The number of rotatable bonds is 5. The molecule has 6 heteroatoms. The van der Waals surface area contributed by atoms with E-state index in [1.807, 2.05) is 63.7 Å². The lowest BCUT2D eigenvalue weighted by molar-refractivity contribution is 0.103. The number of nitrogens with zero attached hydrogens (tertiary/aromatic N) is 2. The Morgan fingerprint density at radius 3 is 2.45 bits per heavy atom. The van der Waals surface area contributed by atoms with Crippen LogP contribution in [-0.4, -0.2) is 29.9 Å². The van der Waals surface area contributed by atoms with Gasteiger partial charge >= 0.3 is 6.03 Å². The van der Waals surface area contributed by atoms with Gasteiger partial charge in [0.1, 0.15) is 0 Å².